The zero-order chi connectivity index (χ0) is 26.9. The van der Waals surface area contributed by atoms with E-state index in [4.69, 9.17) is 28.4 Å². The van der Waals surface area contributed by atoms with Crippen LogP contribution in [0.1, 0.15) is 50.7 Å². The van der Waals surface area contributed by atoms with Crippen molar-refractivity contribution in [3.63, 3.8) is 0 Å². The third-order valence-electron chi connectivity index (χ3n) is 8.07. The Morgan fingerprint density at radius 3 is 1.37 bits per heavy atom. The normalized spacial score (nSPS) is 37.2. The fraction of sp³-hybridized carbons (Fsp3) is 0.533. The largest absolute Gasteiger partial charge is 0.463 e. The molecule has 0 bridgehead atoms. The number of benzene rings is 2. The lowest BCUT2D eigenvalue weighted by Crippen LogP contribution is -2.67. The van der Waals surface area contributed by atoms with Gasteiger partial charge in [0.25, 0.3) is 0 Å². The zero-order valence-electron chi connectivity index (χ0n) is 22.3. The molecule has 2 aromatic carbocycles. The molecule has 8 heteroatoms. The van der Waals surface area contributed by atoms with Crippen LogP contribution < -0.4 is 0 Å². The lowest BCUT2D eigenvalue weighted by atomic mass is 9.52. The molecule has 3 aliphatic rings. The Balaban J connectivity index is 1.46. The van der Waals surface area contributed by atoms with Gasteiger partial charge in [-0.15, -0.1) is 0 Å². The maximum Gasteiger partial charge on any atom is 0.310 e. The fourth-order valence-electron chi connectivity index (χ4n) is 6.14. The zero-order valence-corrected chi connectivity index (χ0v) is 22.3. The van der Waals surface area contributed by atoms with Gasteiger partial charge >= 0.3 is 11.9 Å². The molecule has 0 radical (unpaired) electrons. The second-order valence-electron chi connectivity index (χ2n) is 10.3. The first-order valence-corrected chi connectivity index (χ1v) is 13.4. The first-order valence-electron chi connectivity index (χ1n) is 13.4. The first kappa shape index (κ1) is 26.8. The SMILES string of the molecule is CCO[C@]1(C)O[C@H]2COC(=O)[C@@H]3[C@@H](C(=O)OC[C@@H]2O[C@@]1(C)OCC)[C@H](c1ccccc1)[C@H]3c1ccccc1. The van der Waals surface area contributed by atoms with E-state index in [0.717, 1.165) is 11.1 Å². The lowest BCUT2D eigenvalue weighted by molar-refractivity contribution is -0.458. The van der Waals surface area contributed by atoms with Gasteiger partial charge in [0.2, 0.25) is 11.6 Å². The summed E-state index contributed by atoms with van der Waals surface area (Å²) in [7, 11) is 0. The van der Waals surface area contributed by atoms with Crippen LogP contribution in [0, 0.1) is 11.8 Å². The first-order chi connectivity index (χ1) is 18.3. The van der Waals surface area contributed by atoms with E-state index in [0.29, 0.717) is 13.2 Å². The van der Waals surface area contributed by atoms with Crippen LogP contribution in [0.25, 0.3) is 0 Å². The molecule has 3 fully saturated rings. The van der Waals surface area contributed by atoms with Crippen LogP contribution >= 0.6 is 0 Å². The quantitative estimate of drug-likeness (QED) is 0.520. The smallest absolute Gasteiger partial charge is 0.310 e. The third-order valence-corrected chi connectivity index (χ3v) is 8.07. The minimum atomic E-state index is -1.26. The number of fused-ring (bicyclic) bond motifs is 2. The van der Waals surface area contributed by atoms with Crippen LogP contribution in [0.3, 0.4) is 0 Å². The molecule has 2 heterocycles. The van der Waals surface area contributed by atoms with Crippen LogP contribution in [-0.2, 0) is 38.0 Å². The average molecular weight is 525 g/mol. The molecule has 0 N–H and O–H groups in total. The molecule has 2 aliphatic heterocycles. The summed E-state index contributed by atoms with van der Waals surface area (Å²) in [6, 6.07) is 19.6. The molecule has 0 spiro atoms. The standard InChI is InChI=1S/C30H36O8/c1-5-35-29(3)30(4,36-6-2)38-22-18-34-28(32)26-24(20-15-11-8-12-16-20)23(19-13-9-7-10-14-19)25(26)27(31)33-17-21(22)37-29/h7-16,21-26H,5-6,17-18H2,1-4H3/t21-,22-,23+,24+,25-,26-,29+,30+/m0/s1. The van der Waals surface area contributed by atoms with Crippen LogP contribution in [0.5, 0.6) is 0 Å². The van der Waals surface area contributed by atoms with Gasteiger partial charge < -0.3 is 28.4 Å². The van der Waals surface area contributed by atoms with Crippen molar-refractivity contribution in [2.24, 2.45) is 11.8 Å². The maximum absolute atomic E-state index is 13.6. The van der Waals surface area contributed by atoms with E-state index in [1.54, 1.807) is 13.8 Å². The summed E-state index contributed by atoms with van der Waals surface area (Å²) in [4.78, 5) is 27.2. The third kappa shape index (κ3) is 4.64. The van der Waals surface area contributed by atoms with Crippen LogP contribution in [0.2, 0.25) is 0 Å². The molecule has 1 aliphatic carbocycles. The summed E-state index contributed by atoms with van der Waals surface area (Å²) in [5, 5.41) is 0. The second kappa shape index (κ2) is 10.8. The Morgan fingerprint density at radius 2 is 1.03 bits per heavy atom. The number of ether oxygens (including phenoxy) is 6. The number of cyclic esters (lactones) is 2. The number of hydrogen-bond acceptors (Lipinski definition) is 8. The van der Waals surface area contributed by atoms with Crippen molar-refractivity contribution in [2.45, 2.75) is 63.3 Å². The Hall–Kier alpha value is -2.78. The molecule has 0 amide bonds. The minimum absolute atomic E-state index is 0.0628. The second-order valence-corrected chi connectivity index (χ2v) is 10.3. The summed E-state index contributed by atoms with van der Waals surface area (Å²) in [5.74, 6) is -5.23. The van der Waals surface area contributed by atoms with Gasteiger partial charge in [-0.1, -0.05) is 60.7 Å². The van der Waals surface area contributed by atoms with Crippen LogP contribution in [0.4, 0.5) is 0 Å². The molecule has 1 saturated carbocycles. The molecule has 2 saturated heterocycles. The van der Waals surface area contributed by atoms with Crippen molar-refractivity contribution < 1.29 is 38.0 Å². The van der Waals surface area contributed by atoms with Crippen LogP contribution in [0.15, 0.2) is 60.7 Å². The Labute approximate surface area is 223 Å². The van der Waals surface area contributed by atoms with Crippen molar-refractivity contribution in [3.8, 4) is 0 Å². The van der Waals surface area contributed by atoms with Gasteiger partial charge in [0.05, 0.1) is 11.8 Å². The van der Waals surface area contributed by atoms with E-state index < -0.39 is 47.6 Å². The van der Waals surface area contributed by atoms with E-state index >= 15 is 0 Å². The Bertz CT molecular complexity index is 1030. The summed E-state index contributed by atoms with van der Waals surface area (Å²) in [5.41, 5.74) is 1.96. The molecule has 0 unspecified atom stereocenters. The summed E-state index contributed by atoms with van der Waals surface area (Å²) in [6.45, 7) is 7.78. The minimum Gasteiger partial charge on any atom is -0.463 e. The molecule has 5 rings (SSSR count). The number of carbonyl (C=O) groups excluding carboxylic acids is 2. The molecule has 0 aromatic heterocycles. The van der Waals surface area contributed by atoms with Gasteiger partial charge in [0.1, 0.15) is 25.4 Å². The molecule has 8 atom stereocenters. The molecule has 204 valence electrons. The summed E-state index contributed by atoms with van der Waals surface area (Å²) < 4.78 is 36.3. The summed E-state index contributed by atoms with van der Waals surface area (Å²) >= 11 is 0. The van der Waals surface area contributed by atoms with Crippen molar-refractivity contribution in [3.05, 3.63) is 71.8 Å². The molecular formula is C30H36O8. The van der Waals surface area contributed by atoms with Crippen molar-refractivity contribution in [1.29, 1.82) is 0 Å². The van der Waals surface area contributed by atoms with Gasteiger partial charge in [-0.25, -0.2) is 0 Å². The number of rotatable bonds is 6. The monoisotopic (exact) mass is 524 g/mol. The van der Waals surface area contributed by atoms with E-state index in [9.17, 15) is 9.59 Å². The van der Waals surface area contributed by atoms with Crippen LogP contribution in [-0.4, -0.2) is 62.1 Å². The molecule has 38 heavy (non-hydrogen) atoms. The van der Waals surface area contributed by atoms with E-state index in [2.05, 4.69) is 0 Å². The highest BCUT2D eigenvalue weighted by Crippen LogP contribution is 2.59. The molecular weight excluding hydrogens is 488 g/mol. The van der Waals surface area contributed by atoms with Crippen molar-refractivity contribution in [1.82, 2.24) is 0 Å². The fourth-order valence-corrected chi connectivity index (χ4v) is 6.14. The molecule has 2 aromatic rings. The van der Waals surface area contributed by atoms with Gasteiger partial charge in [0.15, 0.2) is 0 Å². The van der Waals surface area contributed by atoms with E-state index in [-0.39, 0.29) is 25.0 Å². The van der Waals surface area contributed by atoms with Gasteiger partial charge in [-0.05, 0) is 38.8 Å². The maximum atomic E-state index is 13.6. The highest BCUT2D eigenvalue weighted by Gasteiger charge is 2.62. The van der Waals surface area contributed by atoms with Gasteiger partial charge in [-0.2, -0.15) is 0 Å². The van der Waals surface area contributed by atoms with Gasteiger partial charge in [0, 0.05) is 25.0 Å². The van der Waals surface area contributed by atoms with Crippen molar-refractivity contribution in [2.75, 3.05) is 26.4 Å². The van der Waals surface area contributed by atoms with E-state index in [1.807, 2.05) is 74.5 Å². The highest BCUT2D eigenvalue weighted by atomic mass is 16.8. The summed E-state index contributed by atoms with van der Waals surface area (Å²) in [6.07, 6.45) is -1.43. The molecule has 8 nitrogen and oxygen atoms in total. The van der Waals surface area contributed by atoms with Crippen molar-refractivity contribution >= 4 is 11.9 Å². The lowest BCUT2D eigenvalue weighted by Gasteiger charge is -2.53. The number of carbonyl (C=O) groups is 2. The average Bonchev–Trinajstić information content (AvgIpc) is 2.89. The topological polar surface area (TPSA) is 89.5 Å². The van der Waals surface area contributed by atoms with Gasteiger partial charge in [-0.3, -0.25) is 9.59 Å². The predicted molar refractivity (Wildman–Crippen MR) is 137 cm³/mol. The predicted octanol–water partition coefficient (Wildman–Crippen LogP) is 4.19. The highest BCUT2D eigenvalue weighted by molar-refractivity contribution is 5.87. The number of esters is 2. The number of hydrogen-bond donors (Lipinski definition) is 0. The Morgan fingerprint density at radius 1 is 0.658 bits per heavy atom. The van der Waals surface area contributed by atoms with E-state index in [1.165, 1.54) is 0 Å². The Kier molecular flexibility index (Phi) is 7.60.